The number of allylic oxidation sites excluding steroid dienone is 4. The lowest BCUT2D eigenvalue weighted by atomic mass is 10.1. The van der Waals surface area contributed by atoms with E-state index >= 15 is 0 Å². The maximum atomic E-state index is 10.1. The van der Waals surface area contributed by atoms with Gasteiger partial charge in [0.15, 0.2) is 13.1 Å². The predicted octanol–water partition coefficient (Wildman–Crippen LogP) is 12.6. The largest absolute Gasteiger partial charge is 0.163 e. The lowest BCUT2D eigenvalue weighted by Crippen LogP contribution is -2.28. The second kappa shape index (κ2) is 34.4. The first-order chi connectivity index (χ1) is 18.8. The molecule has 0 rings (SSSR count). The third kappa shape index (κ3) is 33.4. The van der Waals surface area contributed by atoms with Crippen molar-refractivity contribution in [3.05, 3.63) is 24.3 Å². The van der Waals surface area contributed by atoms with E-state index in [9.17, 15) is 5.21 Å². The van der Waals surface area contributed by atoms with Crippen LogP contribution < -0.4 is 5.06 Å². The number of unbranched alkanes of at least 4 members (excludes halogenated alkanes) is 24. The Morgan fingerprint density at radius 3 is 0.868 bits per heavy atom. The van der Waals surface area contributed by atoms with Gasteiger partial charge >= 0.3 is 0 Å². The number of nitrogens with zero attached hydrogens (tertiary/aromatic N) is 1. The summed E-state index contributed by atoms with van der Waals surface area (Å²) >= 11 is 0. The van der Waals surface area contributed by atoms with Crippen molar-refractivity contribution in [1.82, 2.24) is 5.06 Å². The molecule has 2 heteroatoms. The van der Waals surface area contributed by atoms with Crippen molar-refractivity contribution in [2.24, 2.45) is 0 Å². The van der Waals surface area contributed by atoms with E-state index in [1.807, 2.05) is 0 Å². The Kier molecular flexibility index (Phi) is 33.9. The smallest absolute Gasteiger partial charge is 0.159 e. The molecule has 0 bridgehead atoms. The van der Waals surface area contributed by atoms with Crippen LogP contribution in [0.3, 0.4) is 0 Å². The van der Waals surface area contributed by atoms with Crippen LogP contribution in [-0.2, 0) is 0 Å². The van der Waals surface area contributed by atoms with Gasteiger partial charge in [-0.15, -0.1) is 0 Å². The van der Waals surface area contributed by atoms with Crippen LogP contribution in [0, 0.1) is 0 Å². The molecule has 38 heavy (non-hydrogen) atoms. The van der Waals surface area contributed by atoms with Gasteiger partial charge in [-0.2, -0.15) is 5.21 Å². The van der Waals surface area contributed by atoms with Gasteiger partial charge in [0.25, 0.3) is 0 Å². The first kappa shape index (κ1) is 37.4. The van der Waals surface area contributed by atoms with Crippen LogP contribution in [0.15, 0.2) is 24.3 Å². The zero-order valence-electron chi connectivity index (χ0n) is 26.4. The van der Waals surface area contributed by atoms with E-state index in [0.29, 0.717) is 0 Å². The molecule has 0 aromatic rings. The summed E-state index contributed by atoms with van der Waals surface area (Å²) in [7, 11) is 0. The average molecular weight is 534 g/mol. The molecule has 0 aromatic heterocycles. The topological polar surface area (TPSA) is 26.1 Å². The molecular formula is C36H71NO+. The molecule has 0 spiro atoms. The van der Waals surface area contributed by atoms with Crippen molar-refractivity contribution >= 4 is 0 Å². The average Bonchev–Trinajstić information content (AvgIpc) is 2.92. The number of rotatable bonds is 32. The van der Waals surface area contributed by atoms with Gasteiger partial charge in [0.05, 0.1) is 0 Å². The van der Waals surface area contributed by atoms with Crippen LogP contribution in [0.5, 0.6) is 0 Å². The van der Waals surface area contributed by atoms with E-state index < -0.39 is 0 Å². The number of hydrogen-bond donors (Lipinski definition) is 1. The molecule has 2 nitrogen and oxygen atoms in total. The van der Waals surface area contributed by atoms with Crippen molar-refractivity contribution in [1.29, 1.82) is 0 Å². The summed E-state index contributed by atoms with van der Waals surface area (Å²) in [6.07, 6.45) is 47.1. The highest BCUT2D eigenvalue weighted by atomic mass is 16.5. The fourth-order valence-corrected chi connectivity index (χ4v) is 5.20. The summed E-state index contributed by atoms with van der Waals surface area (Å²) in [5.41, 5.74) is 0. The van der Waals surface area contributed by atoms with Gasteiger partial charge in [0.2, 0.25) is 0 Å². The Hall–Kier alpha value is -0.600. The molecule has 0 amide bonds. The zero-order chi connectivity index (χ0) is 27.6. The minimum Gasteiger partial charge on any atom is -0.163 e. The SMILES string of the molecule is CCCCCCCC/C=C\CCCCCCCC[N+](O)CCCCCCCC/C=C\CCCCCCCC. The lowest BCUT2D eigenvalue weighted by molar-refractivity contribution is 0.0116. The summed E-state index contributed by atoms with van der Waals surface area (Å²) < 4.78 is 0. The molecule has 225 valence electrons. The Labute approximate surface area is 241 Å². The molecule has 0 unspecified atom stereocenters. The minimum absolute atomic E-state index is 0.853. The summed E-state index contributed by atoms with van der Waals surface area (Å²) in [5.74, 6) is 0. The fraction of sp³-hybridized carbons (Fsp3) is 0.889. The van der Waals surface area contributed by atoms with Gasteiger partial charge < -0.3 is 0 Å². The molecule has 0 atom stereocenters. The van der Waals surface area contributed by atoms with E-state index in [0.717, 1.165) is 25.9 Å². The van der Waals surface area contributed by atoms with Crippen LogP contribution in [0.1, 0.15) is 194 Å². The summed E-state index contributed by atoms with van der Waals surface area (Å²) in [5, 5.41) is 11.7. The highest BCUT2D eigenvalue weighted by Crippen LogP contribution is 2.12. The van der Waals surface area contributed by atoms with Gasteiger partial charge in [-0.25, -0.2) is 0 Å². The van der Waals surface area contributed by atoms with Crippen molar-refractivity contribution < 1.29 is 5.21 Å². The molecule has 0 saturated heterocycles. The summed E-state index contributed by atoms with van der Waals surface area (Å²) in [6.45, 7) is 6.28. The molecule has 0 aliphatic heterocycles. The molecule has 0 aliphatic rings. The van der Waals surface area contributed by atoms with Gasteiger partial charge in [-0.3, -0.25) is 0 Å². The second-order valence-electron chi connectivity index (χ2n) is 11.8. The van der Waals surface area contributed by atoms with Gasteiger partial charge in [-0.1, -0.05) is 141 Å². The van der Waals surface area contributed by atoms with Crippen LogP contribution in [-0.4, -0.2) is 18.3 Å². The molecule has 1 radical (unpaired) electrons. The molecular weight excluding hydrogens is 462 g/mol. The standard InChI is InChI=1S/C36H71NO/c1-3-5-7-9-11-13-15-17-19-21-23-25-27-29-31-33-35-37(38)36-34-32-30-28-26-24-22-20-18-16-14-12-10-8-6-4-2/h17-20,38H,3-16,21-36H2,1-2H3/q+1/b19-17-,20-18-. The monoisotopic (exact) mass is 534 g/mol. The van der Waals surface area contributed by atoms with Crippen molar-refractivity contribution in [3.8, 4) is 0 Å². The van der Waals surface area contributed by atoms with Crippen molar-refractivity contribution in [3.63, 3.8) is 0 Å². The van der Waals surface area contributed by atoms with Gasteiger partial charge in [0, 0.05) is 12.8 Å². The number of hydrogen-bond acceptors (Lipinski definition) is 2. The van der Waals surface area contributed by atoms with Crippen LogP contribution in [0.2, 0.25) is 0 Å². The van der Waals surface area contributed by atoms with Gasteiger partial charge in [-0.05, 0) is 69.3 Å². The summed E-state index contributed by atoms with van der Waals surface area (Å²) in [4.78, 5) is 0. The van der Waals surface area contributed by atoms with Crippen LogP contribution in [0.4, 0.5) is 0 Å². The Bertz CT molecular complexity index is 430. The van der Waals surface area contributed by atoms with Gasteiger partial charge in [0.1, 0.15) is 0 Å². The Morgan fingerprint density at radius 1 is 0.342 bits per heavy atom. The normalized spacial score (nSPS) is 12.1. The number of hydroxylamine groups is 2. The quantitative estimate of drug-likeness (QED) is 0.0395. The lowest BCUT2D eigenvalue weighted by Gasteiger charge is -2.04. The first-order valence-electron chi connectivity index (χ1n) is 17.5. The molecule has 0 heterocycles. The highest BCUT2D eigenvalue weighted by Gasteiger charge is 2.10. The van der Waals surface area contributed by atoms with Crippen LogP contribution >= 0.6 is 0 Å². The van der Waals surface area contributed by atoms with E-state index in [1.54, 1.807) is 5.06 Å². The molecule has 0 fully saturated rings. The maximum absolute atomic E-state index is 10.1. The van der Waals surface area contributed by atoms with Crippen molar-refractivity contribution in [2.45, 2.75) is 194 Å². The third-order valence-corrected chi connectivity index (χ3v) is 7.86. The third-order valence-electron chi connectivity index (χ3n) is 7.86. The predicted molar refractivity (Wildman–Crippen MR) is 173 cm³/mol. The molecule has 0 aliphatic carbocycles. The highest BCUT2D eigenvalue weighted by molar-refractivity contribution is 4.82. The van der Waals surface area contributed by atoms with E-state index in [-0.39, 0.29) is 0 Å². The molecule has 0 aromatic carbocycles. The second-order valence-corrected chi connectivity index (χ2v) is 11.8. The maximum Gasteiger partial charge on any atom is 0.159 e. The molecule has 0 saturated carbocycles. The van der Waals surface area contributed by atoms with E-state index in [2.05, 4.69) is 38.2 Å². The molecule has 1 N–H and O–H groups in total. The van der Waals surface area contributed by atoms with E-state index in [1.165, 1.54) is 167 Å². The zero-order valence-corrected chi connectivity index (χ0v) is 26.4. The van der Waals surface area contributed by atoms with Crippen molar-refractivity contribution in [2.75, 3.05) is 13.1 Å². The Morgan fingerprint density at radius 2 is 0.579 bits per heavy atom. The fourth-order valence-electron chi connectivity index (χ4n) is 5.20. The van der Waals surface area contributed by atoms with Crippen LogP contribution in [0.25, 0.3) is 0 Å². The summed E-state index contributed by atoms with van der Waals surface area (Å²) in [6, 6.07) is 0. The van der Waals surface area contributed by atoms with E-state index in [4.69, 9.17) is 0 Å². The Balaban J connectivity index is 3.22. The first-order valence-corrected chi connectivity index (χ1v) is 17.5. The minimum atomic E-state index is 0.853.